The van der Waals surface area contributed by atoms with Crippen LogP contribution in [-0.2, 0) is 10.0 Å². The first-order valence-electron chi connectivity index (χ1n) is 7.51. The van der Waals surface area contributed by atoms with Crippen LogP contribution in [-0.4, -0.2) is 43.6 Å². The monoisotopic (exact) mass is 288 g/mol. The molecule has 19 heavy (non-hydrogen) atoms. The van der Waals surface area contributed by atoms with Crippen LogP contribution in [0, 0.1) is 5.41 Å². The molecule has 4 nitrogen and oxygen atoms in total. The van der Waals surface area contributed by atoms with E-state index in [1.165, 1.54) is 6.42 Å². The molecule has 0 aromatic heterocycles. The summed E-state index contributed by atoms with van der Waals surface area (Å²) in [6, 6.07) is 0.650. The average Bonchev–Trinajstić information content (AvgIpc) is 2.99. The number of hydrogen-bond donors (Lipinski definition) is 1. The summed E-state index contributed by atoms with van der Waals surface area (Å²) >= 11 is 0. The van der Waals surface area contributed by atoms with E-state index < -0.39 is 10.0 Å². The fourth-order valence-electron chi connectivity index (χ4n) is 2.53. The van der Waals surface area contributed by atoms with E-state index in [1.807, 2.05) is 0 Å². The number of nitrogens with zero attached hydrogens (tertiary/aromatic N) is 1. The Balaban J connectivity index is 1.96. The molecule has 2 aliphatic rings. The molecule has 0 spiro atoms. The van der Waals surface area contributed by atoms with Crippen molar-refractivity contribution in [2.24, 2.45) is 5.41 Å². The van der Waals surface area contributed by atoms with Crippen molar-refractivity contribution in [1.29, 1.82) is 0 Å². The van der Waals surface area contributed by atoms with Crippen molar-refractivity contribution in [1.82, 2.24) is 9.62 Å². The van der Waals surface area contributed by atoms with Gasteiger partial charge in [0.15, 0.2) is 0 Å². The van der Waals surface area contributed by atoms with Crippen LogP contribution in [0.1, 0.15) is 52.9 Å². The van der Waals surface area contributed by atoms with Gasteiger partial charge in [-0.3, -0.25) is 0 Å². The summed E-state index contributed by atoms with van der Waals surface area (Å²) in [5.74, 6) is 0.291. The van der Waals surface area contributed by atoms with Crippen LogP contribution in [0.5, 0.6) is 0 Å². The second-order valence-electron chi connectivity index (χ2n) is 7.22. The Morgan fingerprint density at radius 2 is 1.89 bits per heavy atom. The van der Waals surface area contributed by atoms with Gasteiger partial charge in [0.25, 0.3) is 0 Å². The molecule has 5 heteroatoms. The molecule has 0 bridgehead atoms. The Morgan fingerprint density at radius 3 is 2.37 bits per heavy atom. The van der Waals surface area contributed by atoms with Crippen molar-refractivity contribution in [3.05, 3.63) is 0 Å². The second kappa shape index (κ2) is 5.70. The molecule has 1 N–H and O–H groups in total. The van der Waals surface area contributed by atoms with Crippen molar-refractivity contribution in [3.8, 4) is 0 Å². The third kappa shape index (κ3) is 4.72. The molecule has 1 heterocycles. The summed E-state index contributed by atoms with van der Waals surface area (Å²) in [6.07, 6.45) is 5.10. The van der Waals surface area contributed by atoms with E-state index in [9.17, 15) is 8.42 Å². The third-order valence-electron chi connectivity index (χ3n) is 3.98. The lowest BCUT2D eigenvalue weighted by atomic mass is 9.94. The minimum atomic E-state index is -3.09. The van der Waals surface area contributed by atoms with E-state index in [2.05, 4.69) is 26.1 Å². The zero-order valence-electron chi connectivity index (χ0n) is 12.5. The predicted octanol–water partition coefficient (Wildman–Crippen LogP) is 1.97. The van der Waals surface area contributed by atoms with Gasteiger partial charge in [0.1, 0.15) is 0 Å². The molecule has 0 aromatic carbocycles. The van der Waals surface area contributed by atoms with Gasteiger partial charge in [0.05, 0.1) is 5.75 Å². The smallest absolute Gasteiger partial charge is 0.214 e. The van der Waals surface area contributed by atoms with E-state index >= 15 is 0 Å². The highest BCUT2D eigenvalue weighted by atomic mass is 32.2. The molecule has 0 radical (unpaired) electrons. The maximum atomic E-state index is 12.5. The summed E-state index contributed by atoms with van der Waals surface area (Å²) in [5, 5.41) is 3.41. The fourth-order valence-corrected chi connectivity index (χ4v) is 4.71. The SMILES string of the molecule is CC(C)(C)CCS(=O)(=O)N(CC1CCCN1)C1CC1. The first kappa shape index (κ1) is 15.3. The highest BCUT2D eigenvalue weighted by Crippen LogP contribution is 2.31. The zero-order valence-corrected chi connectivity index (χ0v) is 13.3. The molecule has 112 valence electrons. The third-order valence-corrected chi connectivity index (χ3v) is 5.87. The maximum Gasteiger partial charge on any atom is 0.214 e. The predicted molar refractivity (Wildman–Crippen MR) is 78.6 cm³/mol. The zero-order chi connectivity index (χ0) is 14.1. The van der Waals surface area contributed by atoms with Crippen LogP contribution in [0.2, 0.25) is 0 Å². The Morgan fingerprint density at radius 1 is 1.21 bits per heavy atom. The molecule has 1 saturated heterocycles. The Kier molecular flexibility index (Phi) is 4.58. The van der Waals surface area contributed by atoms with Crippen molar-refractivity contribution in [2.75, 3.05) is 18.8 Å². The van der Waals surface area contributed by atoms with Crippen LogP contribution < -0.4 is 5.32 Å². The van der Waals surface area contributed by atoms with Crippen LogP contribution in [0.15, 0.2) is 0 Å². The van der Waals surface area contributed by atoms with Gasteiger partial charge >= 0.3 is 0 Å². The quantitative estimate of drug-likeness (QED) is 0.813. The van der Waals surface area contributed by atoms with Gasteiger partial charge < -0.3 is 5.32 Å². The molecule has 2 rings (SSSR count). The van der Waals surface area contributed by atoms with Crippen LogP contribution in [0.3, 0.4) is 0 Å². The normalized spacial score (nSPS) is 25.2. The van der Waals surface area contributed by atoms with Crippen LogP contribution in [0.25, 0.3) is 0 Å². The standard InChI is InChI=1S/C14H28N2O2S/c1-14(2,3)8-10-19(17,18)16(13-6-7-13)11-12-5-4-9-15-12/h12-13,15H,4-11H2,1-3H3. The molecule has 2 fully saturated rings. The molecular weight excluding hydrogens is 260 g/mol. The molecule has 1 unspecified atom stereocenters. The van der Waals surface area contributed by atoms with Gasteiger partial charge in [-0.2, -0.15) is 4.31 Å². The summed E-state index contributed by atoms with van der Waals surface area (Å²) < 4.78 is 26.9. The number of sulfonamides is 1. The van der Waals surface area contributed by atoms with Crippen molar-refractivity contribution in [2.45, 2.75) is 65.0 Å². The first-order valence-corrected chi connectivity index (χ1v) is 9.12. The van der Waals surface area contributed by atoms with Crippen LogP contribution >= 0.6 is 0 Å². The fraction of sp³-hybridized carbons (Fsp3) is 1.00. The van der Waals surface area contributed by atoms with Crippen molar-refractivity contribution >= 4 is 10.0 Å². The number of nitrogens with one attached hydrogen (secondary N) is 1. The van der Waals surface area contributed by atoms with Gasteiger partial charge in [-0.15, -0.1) is 0 Å². The summed E-state index contributed by atoms with van der Waals surface area (Å²) in [5.41, 5.74) is 0.0773. The molecule has 1 aliphatic heterocycles. The molecule has 0 aromatic rings. The Labute approximate surface area is 118 Å². The van der Waals surface area contributed by atoms with E-state index in [-0.39, 0.29) is 11.5 Å². The van der Waals surface area contributed by atoms with E-state index in [4.69, 9.17) is 0 Å². The van der Waals surface area contributed by atoms with Gasteiger partial charge in [-0.1, -0.05) is 20.8 Å². The Hall–Kier alpha value is -0.130. The van der Waals surface area contributed by atoms with E-state index in [0.29, 0.717) is 18.3 Å². The minimum Gasteiger partial charge on any atom is -0.313 e. The number of hydrogen-bond acceptors (Lipinski definition) is 3. The first-order chi connectivity index (χ1) is 8.78. The topological polar surface area (TPSA) is 49.4 Å². The molecule has 0 amide bonds. The maximum absolute atomic E-state index is 12.5. The lowest BCUT2D eigenvalue weighted by molar-refractivity contribution is 0.351. The van der Waals surface area contributed by atoms with E-state index in [0.717, 1.165) is 32.2 Å². The highest BCUT2D eigenvalue weighted by Gasteiger charge is 2.38. The van der Waals surface area contributed by atoms with Crippen LogP contribution in [0.4, 0.5) is 0 Å². The van der Waals surface area contributed by atoms with E-state index in [1.54, 1.807) is 4.31 Å². The second-order valence-corrected chi connectivity index (χ2v) is 9.26. The number of rotatable bonds is 6. The molecule has 1 atom stereocenters. The van der Waals surface area contributed by atoms with Crippen molar-refractivity contribution < 1.29 is 8.42 Å². The van der Waals surface area contributed by atoms with Gasteiger partial charge in [-0.25, -0.2) is 8.42 Å². The Bertz CT molecular complexity index is 390. The molecule has 1 aliphatic carbocycles. The van der Waals surface area contributed by atoms with Gasteiger partial charge in [0, 0.05) is 18.6 Å². The summed E-state index contributed by atoms with van der Waals surface area (Å²) in [6.45, 7) is 8.01. The largest absolute Gasteiger partial charge is 0.313 e. The lowest BCUT2D eigenvalue weighted by Gasteiger charge is -2.27. The minimum absolute atomic E-state index is 0.0773. The van der Waals surface area contributed by atoms with Gasteiger partial charge in [0.2, 0.25) is 10.0 Å². The summed E-state index contributed by atoms with van der Waals surface area (Å²) in [4.78, 5) is 0. The molecular formula is C14H28N2O2S. The van der Waals surface area contributed by atoms with Gasteiger partial charge in [-0.05, 0) is 44.1 Å². The summed E-state index contributed by atoms with van der Waals surface area (Å²) in [7, 11) is -3.09. The lowest BCUT2D eigenvalue weighted by Crippen LogP contribution is -2.43. The molecule has 1 saturated carbocycles. The van der Waals surface area contributed by atoms with Crippen molar-refractivity contribution in [3.63, 3.8) is 0 Å². The average molecular weight is 288 g/mol. The highest BCUT2D eigenvalue weighted by molar-refractivity contribution is 7.89.